The molecule has 0 amide bonds. The molecule has 0 spiro atoms. The molecule has 0 bridgehead atoms. The van der Waals surface area contributed by atoms with Crippen molar-refractivity contribution in [2.24, 2.45) is 10.9 Å². The average molecular weight is 450 g/mol. The van der Waals surface area contributed by atoms with Crippen molar-refractivity contribution in [3.63, 3.8) is 0 Å². The van der Waals surface area contributed by atoms with E-state index in [2.05, 4.69) is 37.9 Å². The molecule has 1 saturated heterocycles. The van der Waals surface area contributed by atoms with Gasteiger partial charge in [-0.1, -0.05) is 13.8 Å². The summed E-state index contributed by atoms with van der Waals surface area (Å²) in [5.74, 6) is 1.85. The van der Waals surface area contributed by atoms with E-state index >= 15 is 0 Å². The third kappa shape index (κ3) is 6.21. The van der Waals surface area contributed by atoms with Gasteiger partial charge in [0, 0.05) is 37.5 Å². The van der Waals surface area contributed by atoms with Crippen molar-refractivity contribution in [2.75, 3.05) is 26.2 Å². The first-order valence-corrected chi connectivity index (χ1v) is 9.44. The summed E-state index contributed by atoms with van der Waals surface area (Å²) in [7, 11) is 0. The number of aromatic nitrogens is 1. The van der Waals surface area contributed by atoms with Crippen molar-refractivity contribution < 1.29 is 0 Å². The zero-order chi connectivity index (χ0) is 15.9. The van der Waals surface area contributed by atoms with Gasteiger partial charge in [0.05, 0.1) is 10.7 Å². The molecule has 1 unspecified atom stereocenters. The van der Waals surface area contributed by atoms with Crippen molar-refractivity contribution >= 4 is 41.3 Å². The van der Waals surface area contributed by atoms with Crippen LogP contribution in [0.2, 0.25) is 0 Å². The summed E-state index contributed by atoms with van der Waals surface area (Å²) in [6.45, 7) is 12.8. The Bertz CT molecular complexity index is 501. The SMILES string of the molecule is CCNC(=NCCc1nc(CC)c(C)s1)N1CCCC(C)C1.I. The summed E-state index contributed by atoms with van der Waals surface area (Å²) < 4.78 is 0. The van der Waals surface area contributed by atoms with Crippen LogP contribution < -0.4 is 5.32 Å². The number of aliphatic imine (C=N–C) groups is 1. The van der Waals surface area contributed by atoms with Crippen LogP contribution in [0.3, 0.4) is 0 Å². The lowest BCUT2D eigenvalue weighted by atomic mass is 10.0. The molecular weight excluding hydrogens is 419 g/mol. The van der Waals surface area contributed by atoms with Crippen molar-refractivity contribution in [2.45, 2.75) is 53.4 Å². The lowest BCUT2D eigenvalue weighted by Crippen LogP contribution is -2.46. The van der Waals surface area contributed by atoms with Crippen LogP contribution in [0.1, 0.15) is 49.2 Å². The van der Waals surface area contributed by atoms with E-state index in [0.717, 1.165) is 50.9 Å². The van der Waals surface area contributed by atoms with Crippen molar-refractivity contribution in [1.29, 1.82) is 0 Å². The predicted molar refractivity (Wildman–Crippen MR) is 111 cm³/mol. The Morgan fingerprint density at radius 2 is 2.22 bits per heavy atom. The highest BCUT2D eigenvalue weighted by Crippen LogP contribution is 2.19. The number of halogens is 1. The van der Waals surface area contributed by atoms with Crippen LogP contribution in [-0.2, 0) is 12.8 Å². The van der Waals surface area contributed by atoms with Gasteiger partial charge in [-0.2, -0.15) is 0 Å². The van der Waals surface area contributed by atoms with Gasteiger partial charge in [-0.05, 0) is 39.0 Å². The van der Waals surface area contributed by atoms with Gasteiger partial charge in [-0.3, -0.25) is 4.99 Å². The fraction of sp³-hybridized carbons (Fsp3) is 0.765. The zero-order valence-corrected chi connectivity index (χ0v) is 18.0. The highest BCUT2D eigenvalue weighted by molar-refractivity contribution is 14.0. The van der Waals surface area contributed by atoms with E-state index in [1.54, 1.807) is 0 Å². The highest BCUT2D eigenvalue weighted by atomic mass is 127. The number of nitrogens with one attached hydrogen (secondary N) is 1. The Balaban J connectivity index is 0.00000264. The van der Waals surface area contributed by atoms with Crippen LogP contribution in [0.15, 0.2) is 4.99 Å². The first-order chi connectivity index (χ1) is 10.6. The lowest BCUT2D eigenvalue weighted by Gasteiger charge is -2.33. The van der Waals surface area contributed by atoms with Crippen LogP contribution >= 0.6 is 35.3 Å². The fourth-order valence-corrected chi connectivity index (χ4v) is 4.00. The second kappa shape index (κ2) is 10.5. The smallest absolute Gasteiger partial charge is 0.193 e. The topological polar surface area (TPSA) is 40.5 Å². The summed E-state index contributed by atoms with van der Waals surface area (Å²) in [6.07, 6.45) is 4.59. The number of guanidine groups is 1. The maximum atomic E-state index is 4.83. The van der Waals surface area contributed by atoms with Crippen LogP contribution in [0.25, 0.3) is 0 Å². The quantitative estimate of drug-likeness (QED) is 0.421. The van der Waals surface area contributed by atoms with Crippen LogP contribution in [0.4, 0.5) is 0 Å². The molecule has 2 heterocycles. The first-order valence-electron chi connectivity index (χ1n) is 8.62. The van der Waals surface area contributed by atoms with E-state index in [9.17, 15) is 0 Å². The molecule has 0 aliphatic carbocycles. The number of hydrogen-bond donors (Lipinski definition) is 1. The molecule has 1 aromatic heterocycles. The Hall–Kier alpha value is -0.370. The molecule has 1 aliphatic rings. The van der Waals surface area contributed by atoms with Gasteiger partial charge in [-0.25, -0.2) is 4.98 Å². The number of thiazole rings is 1. The van der Waals surface area contributed by atoms with Gasteiger partial charge >= 0.3 is 0 Å². The second-order valence-corrected chi connectivity index (χ2v) is 7.43. The molecule has 0 saturated carbocycles. The number of hydrogen-bond acceptors (Lipinski definition) is 3. The second-order valence-electron chi connectivity index (χ2n) is 6.14. The van der Waals surface area contributed by atoms with E-state index < -0.39 is 0 Å². The largest absolute Gasteiger partial charge is 0.357 e. The zero-order valence-electron chi connectivity index (χ0n) is 14.9. The van der Waals surface area contributed by atoms with E-state index in [1.807, 2.05) is 11.3 Å². The molecular formula is C17H31IN4S. The van der Waals surface area contributed by atoms with Gasteiger partial charge in [0.15, 0.2) is 5.96 Å². The van der Waals surface area contributed by atoms with Crippen LogP contribution in [-0.4, -0.2) is 42.0 Å². The van der Waals surface area contributed by atoms with E-state index in [4.69, 9.17) is 9.98 Å². The number of nitrogens with zero attached hydrogens (tertiary/aromatic N) is 3. The van der Waals surface area contributed by atoms with Crippen molar-refractivity contribution in [3.8, 4) is 0 Å². The summed E-state index contributed by atoms with van der Waals surface area (Å²) in [6, 6.07) is 0. The average Bonchev–Trinajstić information content (AvgIpc) is 2.86. The fourth-order valence-electron chi connectivity index (χ4n) is 2.99. The van der Waals surface area contributed by atoms with E-state index in [-0.39, 0.29) is 24.0 Å². The molecule has 1 aliphatic heterocycles. The van der Waals surface area contributed by atoms with Crippen molar-refractivity contribution in [1.82, 2.24) is 15.2 Å². The van der Waals surface area contributed by atoms with Gasteiger partial charge in [0.2, 0.25) is 0 Å². The maximum Gasteiger partial charge on any atom is 0.193 e. The molecule has 4 nitrogen and oxygen atoms in total. The molecule has 1 atom stereocenters. The minimum atomic E-state index is 0. The molecule has 0 aromatic carbocycles. The molecule has 0 radical (unpaired) electrons. The summed E-state index contributed by atoms with van der Waals surface area (Å²) in [5.41, 5.74) is 1.25. The molecule has 23 heavy (non-hydrogen) atoms. The van der Waals surface area contributed by atoms with Gasteiger partial charge in [-0.15, -0.1) is 35.3 Å². The van der Waals surface area contributed by atoms with E-state index in [0.29, 0.717) is 0 Å². The number of rotatable bonds is 5. The van der Waals surface area contributed by atoms with Gasteiger partial charge < -0.3 is 10.2 Å². The summed E-state index contributed by atoms with van der Waals surface area (Å²) in [4.78, 5) is 13.3. The Morgan fingerprint density at radius 3 is 2.83 bits per heavy atom. The van der Waals surface area contributed by atoms with Gasteiger partial charge in [0.1, 0.15) is 0 Å². The first kappa shape index (κ1) is 20.7. The minimum absolute atomic E-state index is 0. The molecule has 2 rings (SSSR count). The molecule has 1 N–H and O–H groups in total. The Labute approximate surface area is 162 Å². The third-order valence-electron chi connectivity index (χ3n) is 4.15. The molecule has 6 heteroatoms. The minimum Gasteiger partial charge on any atom is -0.357 e. The van der Waals surface area contributed by atoms with E-state index in [1.165, 1.54) is 28.4 Å². The van der Waals surface area contributed by atoms with Crippen molar-refractivity contribution in [3.05, 3.63) is 15.6 Å². The number of likely N-dealkylation sites (tertiary alicyclic amines) is 1. The lowest BCUT2D eigenvalue weighted by molar-refractivity contribution is 0.266. The van der Waals surface area contributed by atoms with Crippen LogP contribution in [0, 0.1) is 12.8 Å². The van der Waals surface area contributed by atoms with Crippen LogP contribution in [0.5, 0.6) is 0 Å². The number of piperidine rings is 1. The molecule has 1 aromatic rings. The highest BCUT2D eigenvalue weighted by Gasteiger charge is 2.19. The Morgan fingerprint density at radius 1 is 1.43 bits per heavy atom. The normalized spacial score (nSPS) is 18.7. The summed E-state index contributed by atoms with van der Waals surface area (Å²) >= 11 is 1.83. The standard InChI is InChI=1S/C17H30N4S.HI/c1-5-15-14(4)22-16(20-15)9-10-19-17(18-6-2)21-11-7-8-13(3)12-21;/h13H,5-12H2,1-4H3,(H,18,19);1H. The number of aryl methyl sites for hydroxylation is 2. The van der Waals surface area contributed by atoms with Gasteiger partial charge in [0.25, 0.3) is 0 Å². The predicted octanol–water partition coefficient (Wildman–Crippen LogP) is 3.87. The monoisotopic (exact) mass is 450 g/mol. The molecule has 1 fully saturated rings. The third-order valence-corrected chi connectivity index (χ3v) is 5.22. The molecule has 132 valence electrons. The Kier molecular flexibility index (Phi) is 9.43. The maximum absolute atomic E-state index is 4.83. The summed E-state index contributed by atoms with van der Waals surface area (Å²) in [5, 5.41) is 4.67.